The van der Waals surface area contributed by atoms with Crippen LogP contribution in [0.5, 0.6) is 11.5 Å². The average molecular weight is 395 g/mol. The van der Waals surface area contributed by atoms with Gasteiger partial charge in [-0.05, 0) is 43.4 Å². The van der Waals surface area contributed by atoms with Gasteiger partial charge in [-0.2, -0.15) is 0 Å². The van der Waals surface area contributed by atoms with E-state index in [1.54, 1.807) is 7.11 Å². The largest absolute Gasteiger partial charge is 0.497 e. The van der Waals surface area contributed by atoms with Gasteiger partial charge in [0, 0.05) is 5.56 Å². The summed E-state index contributed by atoms with van der Waals surface area (Å²) in [7, 11) is 1.65. The van der Waals surface area contributed by atoms with Gasteiger partial charge in [-0.25, -0.2) is 0 Å². The van der Waals surface area contributed by atoms with Crippen LogP contribution in [0.15, 0.2) is 18.2 Å². The summed E-state index contributed by atoms with van der Waals surface area (Å²) in [4.78, 5) is 13.2. The zero-order chi connectivity index (χ0) is 20.7. The highest BCUT2D eigenvalue weighted by Crippen LogP contribution is 2.34. The van der Waals surface area contributed by atoms with Gasteiger partial charge in [0.15, 0.2) is 0 Å². The number of benzene rings is 1. The van der Waals surface area contributed by atoms with Crippen molar-refractivity contribution in [3.05, 3.63) is 23.8 Å². The van der Waals surface area contributed by atoms with Crippen LogP contribution in [-0.4, -0.2) is 57.1 Å². The molecule has 6 heteroatoms. The van der Waals surface area contributed by atoms with Gasteiger partial charge in [-0.3, -0.25) is 4.79 Å². The van der Waals surface area contributed by atoms with E-state index >= 15 is 0 Å². The van der Waals surface area contributed by atoms with Crippen LogP contribution in [0, 0.1) is 5.92 Å². The lowest BCUT2D eigenvalue weighted by Gasteiger charge is -2.30. The van der Waals surface area contributed by atoms with E-state index in [1.165, 1.54) is 4.90 Å². The van der Waals surface area contributed by atoms with E-state index in [2.05, 4.69) is 20.8 Å². The van der Waals surface area contributed by atoms with Gasteiger partial charge in [0.2, 0.25) is 0 Å². The van der Waals surface area contributed by atoms with Crippen molar-refractivity contribution in [1.29, 1.82) is 0 Å². The molecular weight excluding hydrogens is 358 g/mol. The highest BCUT2D eigenvalue weighted by atomic mass is 16.5. The van der Waals surface area contributed by atoms with Gasteiger partial charge in [-0.15, -0.1) is 0 Å². The molecule has 0 saturated carbocycles. The van der Waals surface area contributed by atoms with Crippen LogP contribution in [-0.2, 0) is 14.9 Å². The number of aliphatic hydroxyl groups is 1. The van der Waals surface area contributed by atoms with E-state index in [4.69, 9.17) is 14.2 Å². The maximum absolute atomic E-state index is 12.0. The molecule has 3 atom stereocenters. The number of nitrogens with one attached hydrogen (secondary N) is 1. The van der Waals surface area contributed by atoms with Gasteiger partial charge in [-0.1, -0.05) is 20.8 Å². The Morgan fingerprint density at radius 1 is 1.36 bits per heavy atom. The Balaban J connectivity index is 1.92. The van der Waals surface area contributed by atoms with Gasteiger partial charge < -0.3 is 24.2 Å². The first-order valence-electron chi connectivity index (χ1n) is 10.2. The number of carbonyl (C=O) groups excluding carboxylic acids is 1. The predicted molar refractivity (Wildman–Crippen MR) is 108 cm³/mol. The van der Waals surface area contributed by atoms with E-state index in [0.29, 0.717) is 19.7 Å². The smallest absolute Gasteiger partial charge is 0.314 e. The van der Waals surface area contributed by atoms with E-state index in [9.17, 15) is 9.90 Å². The SMILES string of the molecule is CCOC(=O)[C@@H]1CCC[NH+](C[C@H](O)COc2ccc(OC)cc2C(C)(C)C)C1. The fraction of sp³-hybridized carbons (Fsp3) is 0.682. The molecule has 158 valence electrons. The van der Waals surface area contributed by atoms with Crippen molar-refractivity contribution in [2.75, 3.05) is 40.0 Å². The summed E-state index contributed by atoms with van der Waals surface area (Å²) in [5, 5.41) is 10.5. The van der Waals surface area contributed by atoms with Crippen molar-refractivity contribution in [3.63, 3.8) is 0 Å². The third kappa shape index (κ3) is 6.38. The molecule has 2 rings (SSSR count). The zero-order valence-corrected chi connectivity index (χ0v) is 17.9. The van der Waals surface area contributed by atoms with Crippen molar-refractivity contribution in [2.24, 2.45) is 5.92 Å². The summed E-state index contributed by atoms with van der Waals surface area (Å²) >= 11 is 0. The molecule has 0 bridgehead atoms. The number of ether oxygens (including phenoxy) is 3. The molecule has 1 heterocycles. The minimum atomic E-state index is -0.592. The van der Waals surface area contributed by atoms with Crippen LogP contribution < -0.4 is 14.4 Å². The first-order valence-corrected chi connectivity index (χ1v) is 10.2. The fourth-order valence-electron chi connectivity index (χ4n) is 3.72. The first kappa shape index (κ1) is 22.5. The van der Waals surface area contributed by atoms with Crippen molar-refractivity contribution in [1.82, 2.24) is 0 Å². The number of piperidine rings is 1. The van der Waals surface area contributed by atoms with E-state index in [0.717, 1.165) is 36.4 Å². The van der Waals surface area contributed by atoms with Crippen molar-refractivity contribution in [3.8, 4) is 11.5 Å². The van der Waals surface area contributed by atoms with Crippen molar-refractivity contribution in [2.45, 2.75) is 52.1 Å². The van der Waals surface area contributed by atoms with Gasteiger partial charge in [0.25, 0.3) is 0 Å². The number of carbonyl (C=O) groups is 1. The molecule has 0 amide bonds. The van der Waals surface area contributed by atoms with Crippen molar-refractivity contribution >= 4 is 5.97 Å². The van der Waals surface area contributed by atoms with Crippen molar-refractivity contribution < 1.29 is 29.0 Å². The standard InChI is InChI=1S/C22H35NO5/c1-6-27-21(25)16-8-7-11-23(13-16)14-17(24)15-28-20-10-9-18(26-5)12-19(20)22(2,3)4/h9-10,12,16-17,24H,6-8,11,13-15H2,1-5H3/p+1/t16-,17+/m1/s1. The summed E-state index contributed by atoms with van der Waals surface area (Å²) < 4.78 is 16.5. The molecule has 1 fully saturated rings. The lowest BCUT2D eigenvalue weighted by Crippen LogP contribution is -3.15. The van der Waals surface area contributed by atoms with Crippen LogP contribution in [0.2, 0.25) is 0 Å². The lowest BCUT2D eigenvalue weighted by atomic mass is 9.86. The normalized spacial score (nSPS) is 21.1. The Labute approximate surface area is 168 Å². The molecule has 1 aromatic rings. The zero-order valence-electron chi connectivity index (χ0n) is 17.9. The molecule has 2 N–H and O–H groups in total. The van der Waals surface area contributed by atoms with Gasteiger partial charge in [0.1, 0.15) is 36.7 Å². The van der Waals surface area contributed by atoms with E-state index in [1.807, 2.05) is 25.1 Å². The van der Waals surface area contributed by atoms with Crippen LogP contribution in [0.4, 0.5) is 0 Å². The number of esters is 1. The highest BCUT2D eigenvalue weighted by molar-refractivity contribution is 5.72. The Hall–Kier alpha value is -1.79. The molecule has 0 aromatic heterocycles. The molecule has 1 aromatic carbocycles. The average Bonchev–Trinajstić information content (AvgIpc) is 2.66. The molecule has 28 heavy (non-hydrogen) atoms. The summed E-state index contributed by atoms with van der Waals surface area (Å²) in [6.45, 7) is 11.1. The van der Waals surface area contributed by atoms with Gasteiger partial charge in [0.05, 0.1) is 26.8 Å². The maximum Gasteiger partial charge on any atom is 0.314 e. The molecular formula is C22H36NO5+. The third-order valence-corrected chi connectivity index (χ3v) is 5.19. The minimum Gasteiger partial charge on any atom is -0.497 e. The second-order valence-corrected chi connectivity index (χ2v) is 8.58. The van der Waals surface area contributed by atoms with Crippen LogP contribution in [0.25, 0.3) is 0 Å². The molecule has 0 aliphatic carbocycles. The molecule has 1 aliphatic rings. The Morgan fingerprint density at radius 3 is 2.75 bits per heavy atom. The van der Waals surface area contributed by atoms with E-state index < -0.39 is 6.10 Å². The Morgan fingerprint density at radius 2 is 2.11 bits per heavy atom. The number of quaternary nitrogens is 1. The highest BCUT2D eigenvalue weighted by Gasteiger charge is 2.31. The summed E-state index contributed by atoms with van der Waals surface area (Å²) in [6.07, 6.45) is 1.25. The van der Waals surface area contributed by atoms with E-state index in [-0.39, 0.29) is 23.9 Å². The van der Waals surface area contributed by atoms with Gasteiger partial charge >= 0.3 is 5.97 Å². The number of likely N-dealkylation sites (tertiary alicyclic amines) is 1. The third-order valence-electron chi connectivity index (χ3n) is 5.19. The van der Waals surface area contributed by atoms with Crippen LogP contribution in [0.3, 0.4) is 0 Å². The molecule has 0 spiro atoms. The monoisotopic (exact) mass is 394 g/mol. The predicted octanol–water partition coefficient (Wildman–Crippen LogP) is 1.59. The molecule has 1 unspecified atom stereocenters. The second kappa shape index (κ2) is 10.1. The van der Waals surface area contributed by atoms with Crippen LogP contribution >= 0.6 is 0 Å². The number of methoxy groups -OCH3 is 1. The molecule has 1 aliphatic heterocycles. The summed E-state index contributed by atoms with van der Waals surface area (Å²) in [5.74, 6) is 1.38. The maximum atomic E-state index is 12.0. The number of aliphatic hydroxyl groups excluding tert-OH is 1. The summed E-state index contributed by atoms with van der Waals surface area (Å²) in [5.41, 5.74) is 0.950. The lowest BCUT2D eigenvalue weighted by molar-refractivity contribution is -0.910. The number of hydrogen-bond donors (Lipinski definition) is 2. The quantitative estimate of drug-likeness (QED) is 0.656. The molecule has 1 saturated heterocycles. The Kier molecular flexibility index (Phi) is 8.13. The Bertz CT molecular complexity index is 640. The molecule has 0 radical (unpaired) electrons. The number of rotatable bonds is 8. The first-order chi connectivity index (χ1) is 13.2. The number of hydrogen-bond acceptors (Lipinski definition) is 5. The second-order valence-electron chi connectivity index (χ2n) is 8.58. The summed E-state index contributed by atoms with van der Waals surface area (Å²) in [6, 6.07) is 5.76. The van der Waals surface area contributed by atoms with Crippen LogP contribution in [0.1, 0.15) is 46.1 Å². The minimum absolute atomic E-state index is 0.0640. The molecule has 6 nitrogen and oxygen atoms in total. The fourth-order valence-corrected chi connectivity index (χ4v) is 3.72. The topological polar surface area (TPSA) is 69.4 Å².